The van der Waals surface area contributed by atoms with Gasteiger partial charge in [-0.3, -0.25) is 19.7 Å². The number of piperidine rings is 1. The number of ether oxygens (including phenoxy) is 3. The molecule has 1 aromatic carbocycles. The van der Waals surface area contributed by atoms with Gasteiger partial charge in [-0.15, -0.1) is 0 Å². The average Bonchev–Trinajstić information content (AvgIpc) is 3.04. The van der Waals surface area contributed by atoms with E-state index >= 15 is 0 Å². The first-order valence-corrected chi connectivity index (χ1v) is 17.2. The van der Waals surface area contributed by atoms with E-state index in [9.17, 15) is 19.2 Å². The standard InChI is InChI=1S/C39H51N5O7/c1-37(2,3)49-34(46)43(26-28-13-11-17-40-22-28)32-21-31(23-41-24-32)33(45)42-18-15-29(16-19-42)30-14-10-12-27(20-30)25-44(35(47)50-38(4,5)6)36(48)51-39(7,8)9/h10-14,17,20-24,29H,15-16,18-19,25-26H2,1-9H3. The highest BCUT2D eigenvalue weighted by Gasteiger charge is 2.32. The fourth-order valence-electron chi connectivity index (χ4n) is 5.51. The second-order valence-corrected chi connectivity index (χ2v) is 15.7. The molecule has 1 aliphatic heterocycles. The van der Waals surface area contributed by atoms with E-state index in [0.29, 0.717) is 24.3 Å². The number of benzene rings is 1. The van der Waals surface area contributed by atoms with Gasteiger partial charge in [0, 0.05) is 31.7 Å². The summed E-state index contributed by atoms with van der Waals surface area (Å²) < 4.78 is 16.7. The molecular formula is C39H51N5O7. The van der Waals surface area contributed by atoms with Gasteiger partial charge in [-0.2, -0.15) is 0 Å². The van der Waals surface area contributed by atoms with Crippen LogP contribution in [0.3, 0.4) is 0 Å². The molecule has 0 unspecified atom stereocenters. The number of likely N-dealkylation sites (tertiary alicyclic amines) is 1. The summed E-state index contributed by atoms with van der Waals surface area (Å²) in [5.74, 6) is -0.00969. The van der Waals surface area contributed by atoms with Crippen molar-refractivity contribution in [3.8, 4) is 0 Å². The van der Waals surface area contributed by atoms with Gasteiger partial charge in [-0.25, -0.2) is 19.3 Å². The smallest absolute Gasteiger partial charge is 0.420 e. The lowest BCUT2D eigenvalue weighted by Gasteiger charge is -2.33. The van der Waals surface area contributed by atoms with Crippen molar-refractivity contribution in [2.45, 2.75) is 111 Å². The summed E-state index contributed by atoms with van der Waals surface area (Å²) in [6.07, 6.45) is 5.72. The van der Waals surface area contributed by atoms with E-state index in [1.165, 1.54) is 11.1 Å². The largest absolute Gasteiger partial charge is 0.443 e. The third kappa shape index (κ3) is 11.8. The number of carbonyl (C=O) groups is 4. The van der Waals surface area contributed by atoms with Gasteiger partial charge in [0.2, 0.25) is 0 Å². The average molecular weight is 702 g/mol. The summed E-state index contributed by atoms with van der Waals surface area (Å²) in [6.45, 7) is 17.1. The lowest BCUT2D eigenvalue weighted by atomic mass is 9.88. The highest BCUT2D eigenvalue weighted by molar-refractivity contribution is 5.96. The molecular weight excluding hydrogens is 650 g/mol. The van der Waals surface area contributed by atoms with Crippen LogP contribution >= 0.6 is 0 Å². The van der Waals surface area contributed by atoms with Crippen LogP contribution in [0.2, 0.25) is 0 Å². The SMILES string of the molecule is CC(C)(C)OC(=O)N(Cc1cccc(C2CCN(C(=O)c3cncc(N(Cc4cccnc4)C(=O)OC(C)(C)C)c3)CC2)c1)C(=O)OC(C)(C)C. The van der Waals surface area contributed by atoms with Crippen LogP contribution in [0, 0.1) is 0 Å². The number of hydrogen-bond acceptors (Lipinski definition) is 9. The second kappa shape index (κ2) is 15.9. The minimum atomic E-state index is -0.792. The van der Waals surface area contributed by atoms with Crippen LogP contribution in [0.4, 0.5) is 20.1 Å². The van der Waals surface area contributed by atoms with Crippen LogP contribution in [-0.2, 0) is 27.3 Å². The van der Waals surface area contributed by atoms with E-state index in [1.54, 1.807) is 97.9 Å². The summed E-state index contributed by atoms with van der Waals surface area (Å²) >= 11 is 0. The Morgan fingerprint density at radius 1 is 0.706 bits per heavy atom. The Labute approximate surface area is 301 Å². The normalized spacial score (nSPS) is 14.0. The van der Waals surface area contributed by atoms with Crippen LogP contribution in [0.1, 0.15) is 108 Å². The number of nitrogens with zero attached hydrogens (tertiary/aromatic N) is 5. The molecule has 0 atom stereocenters. The van der Waals surface area contributed by atoms with Gasteiger partial charge in [0.15, 0.2) is 0 Å². The third-order valence-electron chi connectivity index (χ3n) is 7.73. The second-order valence-electron chi connectivity index (χ2n) is 15.7. The lowest BCUT2D eigenvalue weighted by molar-refractivity contribution is -0.000316. The number of pyridine rings is 2. The molecule has 0 aliphatic carbocycles. The molecule has 4 rings (SSSR count). The quantitative estimate of drug-likeness (QED) is 0.224. The molecule has 3 heterocycles. The Balaban J connectivity index is 1.46. The predicted molar refractivity (Wildman–Crippen MR) is 193 cm³/mol. The summed E-state index contributed by atoms with van der Waals surface area (Å²) in [6, 6.07) is 13.1. The number of aromatic nitrogens is 2. The van der Waals surface area contributed by atoms with E-state index in [4.69, 9.17) is 14.2 Å². The fourth-order valence-corrected chi connectivity index (χ4v) is 5.51. The Morgan fingerprint density at radius 3 is 1.86 bits per heavy atom. The molecule has 0 saturated carbocycles. The zero-order valence-corrected chi connectivity index (χ0v) is 31.3. The van der Waals surface area contributed by atoms with Gasteiger partial charge in [0.05, 0.1) is 30.5 Å². The molecule has 1 fully saturated rings. The Hall–Kier alpha value is -5.00. The number of amides is 4. The van der Waals surface area contributed by atoms with Crippen molar-refractivity contribution in [3.63, 3.8) is 0 Å². The molecule has 4 amide bonds. The van der Waals surface area contributed by atoms with Crippen molar-refractivity contribution < 1.29 is 33.4 Å². The Morgan fingerprint density at radius 2 is 1.29 bits per heavy atom. The van der Waals surface area contributed by atoms with Gasteiger partial charge in [0.25, 0.3) is 5.91 Å². The zero-order chi connectivity index (χ0) is 37.6. The fraction of sp³-hybridized carbons (Fsp3) is 0.487. The highest BCUT2D eigenvalue weighted by atomic mass is 16.6. The van der Waals surface area contributed by atoms with Gasteiger partial charge in [-0.1, -0.05) is 30.3 Å². The van der Waals surface area contributed by atoms with Crippen LogP contribution in [-0.4, -0.2) is 73.8 Å². The van der Waals surface area contributed by atoms with E-state index in [2.05, 4.69) is 9.97 Å². The maximum atomic E-state index is 13.7. The van der Waals surface area contributed by atoms with Gasteiger partial charge >= 0.3 is 18.3 Å². The number of hydrogen-bond donors (Lipinski definition) is 0. The predicted octanol–water partition coefficient (Wildman–Crippen LogP) is 8.11. The van der Waals surface area contributed by atoms with Crippen molar-refractivity contribution in [2.75, 3.05) is 18.0 Å². The number of imide groups is 1. The number of anilines is 1. The monoisotopic (exact) mass is 701 g/mol. The molecule has 51 heavy (non-hydrogen) atoms. The van der Waals surface area contributed by atoms with Crippen LogP contribution in [0.5, 0.6) is 0 Å². The number of rotatable bonds is 7. The summed E-state index contributed by atoms with van der Waals surface area (Å²) in [4.78, 5) is 65.8. The van der Waals surface area contributed by atoms with E-state index in [-0.39, 0.29) is 24.9 Å². The van der Waals surface area contributed by atoms with Crippen LogP contribution in [0.15, 0.2) is 67.3 Å². The summed E-state index contributed by atoms with van der Waals surface area (Å²) in [5.41, 5.74) is 1.12. The first-order valence-electron chi connectivity index (χ1n) is 17.2. The van der Waals surface area contributed by atoms with Gasteiger partial charge < -0.3 is 19.1 Å². The van der Waals surface area contributed by atoms with Crippen molar-refractivity contribution in [1.82, 2.24) is 19.8 Å². The minimum Gasteiger partial charge on any atom is -0.443 e. The minimum absolute atomic E-state index is 0.0144. The summed E-state index contributed by atoms with van der Waals surface area (Å²) in [7, 11) is 0. The molecule has 1 aliphatic rings. The van der Waals surface area contributed by atoms with E-state index in [1.807, 2.05) is 30.3 Å². The topological polar surface area (TPSA) is 131 Å². The molecule has 0 bridgehead atoms. The molecule has 274 valence electrons. The third-order valence-corrected chi connectivity index (χ3v) is 7.73. The Kier molecular flexibility index (Phi) is 12.1. The Bertz CT molecular complexity index is 1660. The molecule has 1 saturated heterocycles. The molecule has 0 spiro atoms. The molecule has 12 heteroatoms. The lowest BCUT2D eigenvalue weighted by Crippen LogP contribution is -2.43. The zero-order valence-electron chi connectivity index (χ0n) is 31.3. The van der Waals surface area contributed by atoms with Gasteiger partial charge in [-0.05, 0) is 110 Å². The molecule has 3 aromatic rings. The van der Waals surface area contributed by atoms with Gasteiger partial charge in [0.1, 0.15) is 16.8 Å². The maximum Gasteiger partial charge on any atom is 0.420 e. The first kappa shape index (κ1) is 38.8. The molecule has 12 nitrogen and oxygen atoms in total. The summed E-state index contributed by atoms with van der Waals surface area (Å²) in [5, 5.41) is 0. The number of carbonyl (C=O) groups excluding carboxylic acids is 4. The van der Waals surface area contributed by atoms with Crippen LogP contribution in [0.25, 0.3) is 0 Å². The molecule has 2 aromatic heterocycles. The van der Waals surface area contributed by atoms with E-state index < -0.39 is 35.1 Å². The van der Waals surface area contributed by atoms with Crippen molar-refractivity contribution in [1.29, 1.82) is 0 Å². The molecule has 0 N–H and O–H groups in total. The van der Waals surface area contributed by atoms with Crippen molar-refractivity contribution in [2.24, 2.45) is 0 Å². The van der Waals surface area contributed by atoms with Crippen molar-refractivity contribution in [3.05, 3.63) is 89.5 Å². The van der Waals surface area contributed by atoms with E-state index in [0.717, 1.165) is 34.4 Å². The first-order chi connectivity index (χ1) is 23.8. The van der Waals surface area contributed by atoms with Crippen molar-refractivity contribution >= 4 is 29.9 Å². The maximum absolute atomic E-state index is 13.7. The van der Waals surface area contributed by atoms with Crippen LogP contribution < -0.4 is 4.90 Å². The molecule has 0 radical (unpaired) electrons. The highest BCUT2D eigenvalue weighted by Crippen LogP contribution is 2.30.